The van der Waals surface area contributed by atoms with Gasteiger partial charge in [-0.25, -0.2) is 0 Å². The molecule has 2 aromatic carbocycles. The van der Waals surface area contributed by atoms with Gasteiger partial charge in [-0.15, -0.1) is 10.2 Å². The van der Waals surface area contributed by atoms with Gasteiger partial charge in [-0.1, -0.05) is 29.4 Å². The molecule has 0 spiro atoms. The number of benzene rings is 2. The van der Waals surface area contributed by atoms with Crippen LogP contribution in [0.15, 0.2) is 53.7 Å². The first-order valence-electron chi connectivity index (χ1n) is 8.82. The number of amides is 1. The van der Waals surface area contributed by atoms with E-state index in [-0.39, 0.29) is 11.2 Å². The van der Waals surface area contributed by atoms with Crippen LogP contribution in [0.2, 0.25) is 5.02 Å². The van der Waals surface area contributed by atoms with E-state index in [1.165, 1.54) is 11.8 Å². The third-order valence-electron chi connectivity index (χ3n) is 4.12. The lowest BCUT2D eigenvalue weighted by molar-refractivity contribution is -0.115. The van der Waals surface area contributed by atoms with E-state index >= 15 is 0 Å². The topological polar surface area (TPSA) is 69.0 Å². The van der Waals surface area contributed by atoms with E-state index in [9.17, 15) is 4.79 Å². The van der Waals surface area contributed by atoms with E-state index < -0.39 is 0 Å². The largest absolute Gasteiger partial charge is 0.497 e. The second-order valence-corrected chi connectivity index (χ2v) is 7.78. The predicted octanol–water partition coefficient (Wildman–Crippen LogP) is 4.75. The highest BCUT2D eigenvalue weighted by Gasteiger charge is 2.20. The van der Waals surface area contributed by atoms with Crippen molar-refractivity contribution in [1.82, 2.24) is 14.8 Å². The van der Waals surface area contributed by atoms with Crippen molar-refractivity contribution in [3.8, 4) is 17.1 Å². The lowest BCUT2D eigenvalue weighted by atomic mass is 10.2. The van der Waals surface area contributed by atoms with Gasteiger partial charge in [-0.05, 0) is 50.2 Å². The van der Waals surface area contributed by atoms with Crippen LogP contribution in [0, 0.1) is 0 Å². The standard InChI is InChI=1S/C20H21ClN4O2S/c1-4-25-18(14-8-10-15(21)11-9-14)23-24-20(25)28-13(2)19(26)22-16-6-5-7-17(12-16)27-3/h5-13H,4H2,1-3H3,(H,22,26)/t13-/m0/s1. The van der Waals surface area contributed by atoms with E-state index in [2.05, 4.69) is 15.5 Å². The number of ether oxygens (including phenoxy) is 1. The molecule has 0 saturated heterocycles. The second kappa shape index (κ2) is 9.12. The Morgan fingerprint density at radius 2 is 2.00 bits per heavy atom. The van der Waals surface area contributed by atoms with Crippen LogP contribution < -0.4 is 10.1 Å². The van der Waals surface area contributed by atoms with Crippen molar-refractivity contribution >= 4 is 35.0 Å². The molecule has 0 saturated carbocycles. The summed E-state index contributed by atoms with van der Waals surface area (Å²) in [7, 11) is 1.59. The molecule has 0 bridgehead atoms. The van der Waals surface area contributed by atoms with Crippen molar-refractivity contribution in [2.24, 2.45) is 0 Å². The van der Waals surface area contributed by atoms with Gasteiger partial charge in [0.15, 0.2) is 11.0 Å². The molecule has 1 heterocycles. The molecular weight excluding hydrogens is 396 g/mol. The summed E-state index contributed by atoms with van der Waals surface area (Å²) >= 11 is 7.34. The number of aromatic nitrogens is 3. The Bertz CT molecular complexity index is 959. The van der Waals surface area contributed by atoms with E-state index in [4.69, 9.17) is 16.3 Å². The Kier molecular flexibility index (Phi) is 6.59. The number of methoxy groups -OCH3 is 1. The normalized spacial score (nSPS) is 11.9. The number of rotatable bonds is 7. The van der Waals surface area contributed by atoms with Gasteiger partial charge in [0.2, 0.25) is 5.91 Å². The van der Waals surface area contributed by atoms with Gasteiger partial charge in [-0.2, -0.15) is 0 Å². The highest BCUT2D eigenvalue weighted by atomic mass is 35.5. The lowest BCUT2D eigenvalue weighted by Gasteiger charge is -2.13. The van der Waals surface area contributed by atoms with Gasteiger partial charge >= 0.3 is 0 Å². The zero-order chi connectivity index (χ0) is 20.1. The zero-order valence-corrected chi connectivity index (χ0v) is 17.4. The first-order valence-corrected chi connectivity index (χ1v) is 10.1. The first kappa shape index (κ1) is 20.2. The van der Waals surface area contributed by atoms with Crippen molar-refractivity contribution in [2.45, 2.75) is 30.8 Å². The Hall–Kier alpha value is -2.51. The molecule has 0 unspecified atom stereocenters. The van der Waals surface area contributed by atoms with Gasteiger partial charge in [0, 0.05) is 28.9 Å². The summed E-state index contributed by atoms with van der Waals surface area (Å²) < 4.78 is 7.18. The van der Waals surface area contributed by atoms with Crippen LogP contribution in [0.1, 0.15) is 13.8 Å². The molecule has 6 nitrogen and oxygen atoms in total. The highest BCUT2D eigenvalue weighted by Crippen LogP contribution is 2.28. The number of hydrogen-bond acceptors (Lipinski definition) is 5. The van der Waals surface area contributed by atoms with E-state index in [1.807, 2.05) is 60.9 Å². The fourth-order valence-corrected chi connectivity index (χ4v) is 3.67. The van der Waals surface area contributed by atoms with Gasteiger partial charge in [0.25, 0.3) is 0 Å². The third-order valence-corrected chi connectivity index (χ3v) is 5.46. The minimum atomic E-state index is -0.348. The fraction of sp³-hybridized carbons (Fsp3) is 0.250. The SMILES string of the molecule is CCn1c(S[C@@H](C)C(=O)Nc2cccc(OC)c2)nnc1-c1ccc(Cl)cc1. The molecule has 1 N–H and O–H groups in total. The third kappa shape index (κ3) is 4.66. The van der Waals surface area contributed by atoms with Gasteiger partial charge in [-0.3, -0.25) is 4.79 Å². The smallest absolute Gasteiger partial charge is 0.237 e. The van der Waals surface area contributed by atoms with Crippen LogP contribution in [0.25, 0.3) is 11.4 Å². The van der Waals surface area contributed by atoms with Gasteiger partial charge in [0.1, 0.15) is 5.75 Å². The summed E-state index contributed by atoms with van der Waals surface area (Å²) in [6.45, 7) is 4.56. The number of hydrogen-bond donors (Lipinski definition) is 1. The van der Waals surface area contributed by atoms with Crippen LogP contribution in [0.5, 0.6) is 5.75 Å². The summed E-state index contributed by atoms with van der Waals surface area (Å²) in [5.74, 6) is 1.33. The quantitative estimate of drug-likeness (QED) is 0.563. The van der Waals surface area contributed by atoms with Crippen LogP contribution in [0.3, 0.4) is 0 Å². The van der Waals surface area contributed by atoms with Gasteiger partial charge < -0.3 is 14.6 Å². The molecule has 0 aliphatic rings. The van der Waals surface area contributed by atoms with E-state index in [0.29, 0.717) is 28.2 Å². The maximum Gasteiger partial charge on any atom is 0.237 e. The van der Waals surface area contributed by atoms with E-state index in [1.54, 1.807) is 13.2 Å². The summed E-state index contributed by atoms with van der Waals surface area (Å²) in [6.07, 6.45) is 0. The summed E-state index contributed by atoms with van der Waals surface area (Å²) in [6, 6.07) is 14.7. The first-order chi connectivity index (χ1) is 13.5. The lowest BCUT2D eigenvalue weighted by Crippen LogP contribution is -2.23. The van der Waals surface area contributed by atoms with Crippen LogP contribution in [0.4, 0.5) is 5.69 Å². The number of halogens is 1. The molecule has 1 aromatic heterocycles. The Balaban J connectivity index is 1.73. The number of carbonyl (C=O) groups excluding carboxylic acids is 1. The maximum atomic E-state index is 12.6. The van der Waals surface area contributed by atoms with Crippen molar-refractivity contribution in [2.75, 3.05) is 12.4 Å². The summed E-state index contributed by atoms with van der Waals surface area (Å²) in [5, 5.41) is 12.5. The average molecular weight is 417 g/mol. The molecule has 28 heavy (non-hydrogen) atoms. The molecular formula is C20H21ClN4O2S. The highest BCUT2D eigenvalue weighted by molar-refractivity contribution is 8.00. The molecule has 0 radical (unpaired) electrons. The Morgan fingerprint density at radius 3 is 2.68 bits per heavy atom. The van der Waals surface area contributed by atoms with Crippen LogP contribution in [-0.2, 0) is 11.3 Å². The van der Waals surface area contributed by atoms with Crippen molar-refractivity contribution in [3.05, 3.63) is 53.6 Å². The number of nitrogens with zero attached hydrogens (tertiary/aromatic N) is 3. The average Bonchev–Trinajstić information content (AvgIpc) is 3.11. The molecule has 0 aliphatic heterocycles. The number of carbonyl (C=O) groups is 1. The van der Waals surface area contributed by atoms with Crippen molar-refractivity contribution < 1.29 is 9.53 Å². The Labute approximate surface area is 173 Å². The zero-order valence-electron chi connectivity index (χ0n) is 15.8. The summed E-state index contributed by atoms with van der Waals surface area (Å²) in [5.41, 5.74) is 1.62. The second-order valence-electron chi connectivity index (χ2n) is 6.04. The monoisotopic (exact) mass is 416 g/mol. The molecule has 3 rings (SSSR count). The summed E-state index contributed by atoms with van der Waals surface area (Å²) in [4.78, 5) is 12.6. The molecule has 1 atom stereocenters. The molecule has 1 amide bonds. The van der Waals surface area contributed by atoms with Crippen LogP contribution >= 0.6 is 23.4 Å². The molecule has 0 aliphatic carbocycles. The van der Waals surface area contributed by atoms with Crippen molar-refractivity contribution in [3.63, 3.8) is 0 Å². The molecule has 0 fully saturated rings. The minimum absolute atomic E-state index is 0.114. The van der Waals surface area contributed by atoms with E-state index in [0.717, 1.165) is 11.4 Å². The van der Waals surface area contributed by atoms with Gasteiger partial charge in [0.05, 0.1) is 12.4 Å². The molecule has 146 valence electrons. The molecule has 8 heteroatoms. The number of nitrogens with one attached hydrogen (secondary N) is 1. The number of anilines is 1. The van der Waals surface area contributed by atoms with Crippen LogP contribution in [-0.4, -0.2) is 33.0 Å². The Morgan fingerprint density at radius 1 is 1.25 bits per heavy atom. The predicted molar refractivity (Wildman–Crippen MR) is 113 cm³/mol. The fourth-order valence-electron chi connectivity index (χ4n) is 2.63. The van der Waals surface area contributed by atoms with Crippen molar-refractivity contribution in [1.29, 1.82) is 0 Å². The number of thioether (sulfide) groups is 1. The molecule has 3 aromatic rings. The minimum Gasteiger partial charge on any atom is -0.497 e. The maximum absolute atomic E-state index is 12.6.